The van der Waals surface area contributed by atoms with Gasteiger partial charge in [0.25, 0.3) is 5.91 Å². The fourth-order valence-electron chi connectivity index (χ4n) is 2.40. The smallest absolute Gasteiger partial charge is 0.253 e. The van der Waals surface area contributed by atoms with Crippen LogP contribution in [0, 0.1) is 12.8 Å². The minimum Gasteiger partial charge on any atom is -0.396 e. The third-order valence-electron chi connectivity index (χ3n) is 3.38. The first-order chi connectivity index (χ1) is 8.20. The summed E-state index contributed by atoms with van der Waals surface area (Å²) in [6.45, 7) is 3.82. The number of aryl methyl sites for hydroxylation is 1. The lowest BCUT2D eigenvalue weighted by Crippen LogP contribution is -2.28. The van der Waals surface area contributed by atoms with E-state index < -0.39 is 0 Å². The van der Waals surface area contributed by atoms with Gasteiger partial charge in [0.1, 0.15) is 0 Å². The molecule has 1 aliphatic rings. The number of amides is 1. The standard InChI is InChI=1S/C14H19NO2/c1-11-3-2-4-13(9-11)14(17)15-7-5-12(10-15)6-8-16/h2-4,9,12,16H,5-8,10H2,1H3. The molecule has 92 valence electrons. The van der Waals surface area contributed by atoms with E-state index in [-0.39, 0.29) is 12.5 Å². The summed E-state index contributed by atoms with van der Waals surface area (Å²) in [5.41, 5.74) is 1.89. The SMILES string of the molecule is Cc1cccc(C(=O)N2CCC(CCO)C2)c1. The molecule has 0 saturated carbocycles. The minimum atomic E-state index is 0.120. The van der Waals surface area contributed by atoms with Crippen molar-refractivity contribution in [2.24, 2.45) is 5.92 Å². The molecule has 1 unspecified atom stereocenters. The van der Waals surface area contributed by atoms with Crippen molar-refractivity contribution in [1.82, 2.24) is 4.90 Å². The summed E-state index contributed by atoms with van der Waals surface area (Å²) >= 11 is 0. The number of benzene rings is 1. The van der Waals surface area contributed by atoms with Crippen LogP contribution in [0.5, 0.6) is 0 Å². The predicted molar refractivity (Wildman–Crippen MR) is 66.9 cm³/mol. The molecule has 0 aliphatic carbocycles. The molecule has 1 N–H and O–H groups in total. The van der Waals surface area contributed by atoms with Gasteiger partial charge >= 0.3 is 0 Å². The van der Waals surface area contributed by atoms with E-state index in [4.69, 9.17) is 5.11 Å². The van der Waals surface area contributed by atoms with Gasteiger partial charge in [-0.25, -0.2) is 0 Å². The second-order valence-corrected chi connectivity index (χ2v) is 4.79. The van der Waals surface area contributed by atoms with Gasteiger partial charge in [-0.1, -0.05) is 17.7 Å². The molecule has 0 spiro atoms. The topological polar surface area (TPSA) is 40.5 Å². The molecule has 0 bridgehead atoms. The van der Waals surface area contributed by atoms with E-state index in [1.165, 1.54) is 0 Å². The summed E-state index contributed by atoms with van der Waals surface area (Å²) in [7, 11) is 0. The van der Waals surface area contributed by atoms with Crippen molar-refractivity contribution in [2.45, 2.75) is 19.8 Å². The molecule has 1 fully saturated rings. The minimum absolute atomic E-state index is 0.120. The van der Waals surface area contributed by atoms with E-state index in [0.717, 1.165) is 37.1 Å². The fraction of sp³-hybridized carbons (Fsp3) is 0.500. The van der Waals surface area contributed by atoms with Crippen LogP contribution >= 0.6 is 0 Å². The number of likely N-dealkylation sites (tertiary alicyclic amines) is 1. The number of rotatable bonds is 3. The molecule has 17 heavy (non-hydrogen) atoms. The number of aliphatic hydroxyl groups excluding tert-OH is 1. The summed E-state index contributed by atoms with van der Waals surface area (Å²) in [6, 6.07) is 7.72. The number of nitrogens with zero attached hydrogens (tertiary/aromatic N) is 1. The first-order valence-electron chi connectivity index (χ1n) is 6.17. The van der Waals surface area contributed by atoms with Gasteiger partial charge < -0.3 is 10.0 Å². The maximum Gasteiger partial charge on any atom is 0.253 e. The quantitative estimate of drug-likeness (QED) is 0.865. The molecule has 1 heterocycles. The molecular formula is C14H19NO2. The molecule has 1 amide bonds. The number of hydrogen-bond donors (Lipinski definition) is 1. The molecule has 1 aromatic rings. The summed E-state index contributed by atoms with van der Waals surface area (Å²) in [4.78, 5) is 14.1. The van der Waals surface area contributed by atoms with Gasteiger partial charge in [-0.2, -0.15) is 0 Å². The second-order valence-electron chi connectivity index (χ2n) is 4.79. The lowest BCUT2D eigenvalue weighted by Gasteiger charge is -2.16. The monoisotopic (exact) mass is 233 g/mol. The average Bonchev–Trinajstić information content (AvgIpc) is 2.77. The van der Waals surface area contributed by atoms with Crippen molar-refractivity contribution < 1.29 is 9.90 Å². The Morgan fingerprint density at radius 2 is 2.35 bits per heavy atom. The maximum absolute atomic E-state index is 12.2. The summed E-state index contributed by atoms with van der Waals surface area (Å²) in [6.07, 6.45) is 1.82. The fourth-order valence-corrected chi connectivity index (χ4v) is 2.40. The van der Waals surface area contributed by atoms with Crippen molar-refractivity contribution in [3.63, 3.8) is 0 Å². The zero-order valence-electron chi connectivity index (χ0n) is 10.2. The van der Waals surface area contributed by atoms with E-state index in [0.29, 0.717) is 5.92 Å². The summed E-state index contributed by atoms with van der Waals surface area (Å²) in [5, 5.41) is 8.90. The Labute approximate surface area is 102 Å². The number of carbonyl (C=O) groups is 1. The van der Waals surface area contributed by atoms with Gasteiger partial charge in [-0.3, -0.25) is 4.79 Å². The molecular weight excluding hydrogens is 214 g/mol. The molecule has 0 aromatic heterocycles. The molecule has 1 saturated heterocycles. The Hall–Kier alpha value is -1.35. The number of aliphatic hydroxyl groups is 1. The molecule has 2 rings (SSSR count). The zero-order chi connectivity index (χ0) is 12.3. The third-order valence-corrected chi connectivity index (χ3v) is 3.38. The van der Waals surface area contributed by atoms with Crippen LogP contribution in [0.25, 0.3) is 0 Å². The Balaban J connectivity index is 2.02. The van der Waals surface area contributed by atoms with Gasteiger partial charge in [0.05, 0.1) is 0 Å². The van der Waals surface area contributed by atoms with Crippen molar-refractivity contribution in [3.05, 3.63) is 35.4 Å². The summed E-state index contributed by atoms with van der Waals surface area (Å²) in [5.74, 6) is 0.586. The predicted octanol–water partition coefficient (Wildman–Crippen LogP) is 1.84. The average molecular weight is 233 g/mol. The highest BCUT2D eigenvalue weighted by molar-refractivity contribution is 5.94. The lowest BCUT2D eigenvalue weighted by atomic mass is 10.1. The number of carbonyl (C=O) groups excluding carboxylic acids is 1. The first kappa shape index (κ1) is 12.1. The molecule has 3 heteroatoms. The Bertz CT molecular complexity index is 403. The maximum atomic E-state index is 12.2. The van der Waals surface area contributed by atoms with E-state index in [2.05, 4.69) is 0 Å². The highest BCUT2D eigenvalue weighted by Crippen LogP contribution is 2.21. The number of hydrogen-bond acceptors (Lipinski definition) is 2. The van der Waals surface area contributed by atoms with E-state index >= 15 is 0 Å². The van der Waals surface area contributed by atoms with Crippen molar-refractivity contribution in [2.75, 3.05) is 19.7 Å². The summed E-state index contributed by atoms with van der Waals surface area (Å²) < 4.78 is 0. The van der Waals surface area contributed by atoms with Gasteiger partial charge in [-0.15, -0.1) is 0 Å². The molecule has 1 aliphatic heterocycles. The highest BCUT2D eigenvalue weighted by atomic mass is 16.3. The molecule has 0 radical (unpaired) electrons. The second kappa shape index (κ2) is 5.32. The van der Waals surface area contributed by atoms with Crippen LogP contribution < -0.4 is 0 Å². The van der Waals surface area contributed by atoms with Gasteiger partial charge in [0, 0.05) is 25.3 Å². The van der Waals surface area contributed by atoms with Crippen molar-refractivity contribution in [3.8, 4) is 0 Å². The molecule has 1 aromatic carbocycles. The van der Waals surface area contributed by atoms with E-state index in [1.807, 2.05) is 36.1 Å². The van der Waals surface area contributed by atoms with Crippen LogP contribution in [0.4, 0.5) is 0 Å². The van der Waals surface area contributed by atoms with Gasteiger partial charge in [-0.05, 0) is 37.8 Å². The van der Waals surface area contributed by atoms with Crippen molar-refractivity contribution >= 4 is 5.91 Å². The van der Waals surface area contributed by atoms with Crippen LogP contribution in [0.3, 0.4) is 0 Å². The molecule has 3 nitrogen and oxygen atoms in total. The Morgan fingerprint density at radius 1 is 1.53 bits per heavy atom. The van der Waals surface area contributed by atoms with Crippen LogP contribution in [0.15, 0.2) is 24.3 Å². The van der Waals surface area contributed by atoms with Crippen molar-refractivity contribution in [1.29, 1.82) is 0 Å². The zero-order valence-corrected chi connectivity index (χ0v) is 10.2. The normalized spacial score (nSPS) is 19.6. The largest absolute Gasteiger partial charge is 0.396 e. The lowest BCUT2D eigenvalue weighted by molar-refractivity contribution is 0.0784. The Morgan fingerprint density at radius 3 is 3.06 bits per heavy atom. The van der Waals surface area contributed by atoms with Gasteiger partial charge in [0.2, 0.25) is 0 Å². The van der Waals surface area contributed by atoms with E-state index in [1.54, 1.807) is 0 Å². The highest BCUT2D eigenvalue weighted by Gasteiger charge is 2.26. The van der Waals surface area contributed by atoms with E-state index in [9.17, 15) is 4.79 Å². The van der Waals surface area contributed by atoms with Gasteiger partial charge in [0.15, 0.2) is 0 Å². The third kappa shape index (κ3) is 2.86. The first-order valence-corrected chi connectivity index (χ1v) is 6.17. The van der Waals surface area contributed by atoms with Crippen LogP contribution in [-0.2, 0) is 0 Å². The Kier molecular flexibility index (Phi) is 3.79. The van der Waals surface area contributed by atoms with Crippen LogP contribution in [0.2, 0.25) is 0 Å². The van der Waals surface area contributed by atoms with Crippen LogP contribution in [0.1, 0.15) is 28.8 Å². The molecule has 1 atom stereocenters. The van der Waals surface area contributed by atoms with Crippen LogP contribution in [-0.4, -0.2) is 35.6 Å².